The van der Waals surface area contributed by atoms with E-state index in [0.717, 1.165) is 41.6 Å². The number of nitrogens with zero attached hydrogens (tertiary/aromatic N) is 2. The van der Waals surface area contributed by atoms with Crippen molar-refractivity contribution in [2.45, 2.75) is 38.1 Å². The van der Waals surface area contributed by atoms with Crippen molar-refractivity contribution in [3.8, 4) is 0 Å². The van der Waals surface area contributed by atoms with E-state index in [0.29, 0.717) is 5.92 Å². The topological polar surface area (TPSA) is 65.9 Å². The van der Waals surface area contributed by atoms with Crippen LogP contribution in [0.25, 0.3) is 10.9 Å². The normalized spacial score (nSPS) is 24.0. The van der Waals surface area contributed by atoms with E-state index in [4.69, 9.17) is 0 Å². The van der Waals surface area contributed by atoms with Gasteiger partial charge in [0.25, 0.3) is 0 Å². The number of rotatable bonds is 5. The van der Waals surface area contributed by atoms with Crippen molar-refractivity contribution >= 4 is 26.8 Å². The molecule has 1 fully saturated rings. The van der Waals surface area contributed by atoms with Gasteiger partial charge in [0.1, 0.15) is 0 Å². The molecule has 0 saturated heterocycles. The highest BCUT2D eigenvalue weighted by Gasteiger charge is 2.32. The third kappa shape index (κ3) is 3.27. The number of aromatic amines is 1. The molecule has 24 heavy (non-hydrogen) atoms. The van der Waals surface area contributed by atoms with E-state index >= 15 is 0 Å². The van der Waals surface area contributed by atoms with Gasteiger partial charge < -0.3 is 15.4 Å². The highest BCUT2D eigenvalue weighted by atomic mass is 79.9. The predicted octanol–water partition coefficient (Wildman–Crippen LogP) is 3.06. The first kappa shape index (κ1) is 15.9. The van der Waals surface area contributed by atoms with Crippen LogP contribution in [0.15, 0.2) is 47.2 Å². The molecule has 1 aliphatic rings. The van der Waals surface area contributed by atoms with Crippen molar-refractivity contribution in [2.75, 3.05) is 0 Å². The molecule has 1 saturated carbocycles. The van der Waals surface area contributed by atoms with Crippen LogP contribution < -0.4 is 5.32 Å². The molecule has 0 radical (unpaired) electrons. The van der Waals surface area contributed by atoms with E-state index in [1.807, 2.05) is 29.1 Å². The van der Waals surface area contributed by atoms with Gasteiger partial charge in [-0.2, -0.15) is 5.10 Å². The van der Waals surface area contributed by atoms with Crippen LogP contribution in [0.1, 0.15) is 18.5 Å². The number of benzene rings is 1. The van der Waals surface area contributed by atoms with E-state index in [1.165, 1.54) is 5.39 Å². The summed E-state index contributed by atoms with van der Waals surface area (Å²) in [5.41, 5.74) is 2.27. The lowest BCUT2D eigenvalue weighted by molar-refractivity contribution is 0.145. The summed E-state index contributed by atoms with van der Waals surface area (Å²) < 4.78 is 3.05. The fraction of sp³-hybridized carbons (Fsp3) is 0.389. The van der Waals surface area contributed by atoms with E-state index in [-0.39, 0.29) is 12.1 Å². The van der Waals surface area contributed by atoms with Gasteiger partial charge in [0.2, 0.25) is 0 Å². The Morgan fingerprint density at radius 2 is 2.25 bits per heavy atom. The molecule has 126 valence electrons. The standard InChI is InChI=1S/C18H21BrN4O/c19-15-3-1-4-16-14(15)9-13(22-16)10-20-17-7-12(8-18(17)24)11-23-6-2-5-21-23/h1-6,9,12,17-18,20,22,24H,7-8,10-11H2/t12?,17-,18-/m1/s1. The Labute approximate surface area is 149 Å². The van der Waals surface area contributed by atoms with Crippen LogP contribution in [0.4, 0.5) is 0 Å². The minimum absolute atomic E-state index is 0.139. The summed E-state index contributed by atoms with van der Waals surface area (Å²) in [6.07, 6.45) is 5.30. The Morgan fingerprint density at radius 1 is 1.33 bits per heavy atom. The highest BCUT2D eigenvalue weighted by Crippen LogP contribution is 2.28. The summed E-state index contributed by atoms with van der Waals surface area (Å²) in [7, 11) is 0. The first-order chi connectivity index (χ1) is 11.7. The van der Waals surface area contributed by atoms with E-state index < -0.39 is 0 Å². The second-order valence-electron chi connectivity index (χ2n) is 6.62. The first-order valence-corrected chi connectivity index (χ1v) is 9.13. The van der Waals surface area contributed by atoms with Crippen LogP contribution in [0.3, 0.4) is 0 Å². The lowest BCUT2D eigenvalue weighted by Crippen LogP contribution is -2.35. The third-order valence-electron chi connectivity index (χ3n) is 4.85. The van der Waals surface area contributed by atoms with Gasteiger partial charge in [-0.05, 0) is 43.0 Å². The summed E-state index contributed by atoms with van der Waals surface area (Å²) in [5, 5.41) is 19.3. The Balaban J connectivity index is 1.37. The number of fused-ring (bicyclic) bond motifs is 1. The monoisotopic (exact) mass is 388 g/mol. The lowest BCUT2D eigenvalue weighted by Gasteiger charge is -2.15. The molecule has 3 N–H and O–H groups in total. The molecule has 4 rings (SSSR count). The molecule has 0 bridgehead atoms. The molecule has 2 heterocycles. The Morgan fingerprint density at radius 3 is 3.04 bits per heavy atom. The minimum atomic E-state index is -0.290. The van der Waals surface area contributed by atoms with Crippen molar-refractivity contribution in [1.29, 1.82) is 0 Å². The van der Waals surface area contributed by atoms with Gasteiger partial charge >= 0.3 is 0 Å². The van der Waals surface area contributed by atoms with Gasteiger partial charge in [0, 0.05) is 52.6 Å². The van der Waals surface area contributed by atoms with Crippen molar-refractivity contribution in [3.63, 3.8) is 0 Å². The van der Waals surface area contributed by atoms with Crippen molar-refractivity contribution in [3.05, 3.63) is 52.9 Å². The van der Waals surface area contributed by atoms with Crippen LogP contribution in [-0.4, -0.2) is 32.0 Å². The van der Waals surface area contributed by atoms with Gasteiger partial charge in [0.05, 0.1) is 6.10 Å². The van der Waals surface area contributed by atoms with Gasteiger partial charge in [-0.15, -0.1) is 0 Å². The van der Waals surface area contributed by atoms with Gasteiger partial charge in [-0.1, -0.05) is 22.0 Å². The van der Waals surface area contributed by atoms with Crippen molar-refractivity contribution < 1.29 is 5.11 Å². The van der Waals surface area contributed by atoms with E-state index in [9.17, 15) is 5.11 Å². The summed E-state index contributed by atoms with van der Waals surface area (Å²) in [4.78, 5) is 3.43. The number of aromatic nitrogens is 3. The lowest BCUT2D eigenvalue weighted by atomic mass is 10.1. The van der Waals surface area contributed by atoms with Gasteiger partial charge in [-0.3, -0.25) is 4.68 Å². The number of hydrogen-bond acceptors (Lipinski definition) is 3. The fourth-order valence-corrected chi connectivity index (χ4v) is 4.15. The maximum absolute atomic E-state index is 10.3. The van der Waals surface area contributed by atoms with E-state index in [2.05, 4.69) is 43.5 Å². The van der Waals surface area contributed by atoms with Crippen molar-refractivity contribution in [1.82, 2.24) is 20.1 Å². The van der Waals surface area contributed by atoms with Crippen LogP contribution in [0, 0.1) is 5.92 Å². The Hall–Kier alpha value is -1.63. The SMILES string of the molecule is O[C@@H]1CC(Cn2cccn2)C[C@H]1NCc1cc2c(Br)cccc2[nH]1. The van der Waals surface area contributed by atoms with E-state index in [1.54, 1.807) is 6.20 Å². The number of aliphatic hydroxyl groups is 1. The average molecular weight is 389 g/mol. The molecule has 1 unspecified atom stereocenters. The Bertz CT molecular complexity index is 814. The zero-order valence-corrected chi connectivity index (χ0v) is 14.9. The van der Waals surface area contributed by atoms with Crippen LogP contribution in [0.2, 0.25) is 0 Å². The molecule has 1 aliphatic carbocycles. The molecule has 2 aromatic heterocycles. The average Bonchev–Trinajstić information content (AvgIpc) is 3.26. The van der Waals surface area contributed by atoms with Crippen LogP contribution in [0.5, 0.6) is 0 Å². The molecular weight excluding hydrogens is 368 g/mol. The quantitative estimate of drug-likeness (QED) is 0.629. The molecule has 0 aliphatic heterocycles. The second-order valence-corrected chi connectivity index (χ2v) is 7.47. The molecule has 3 atom stereocenters. The second kappa shape index (κ2) is 6.70. The largest absolute Gasteiger partial charge is 0.391 e. The molecule has 0 amide bonds. The minimum Gasteiger partial charge on any atom is -0.391 e. The maximum Gasteiger partial charge on any atom is 0.0696 e. The number of nitrogens with one attached hydrogen (secondary N) is 2. The third-order valence-corrected chi connectivity index (χ3v) is 5.54. The summed E-state index contributed by atoms with van der Waals surface area (Å²) in [6, 6.07) is 10.4. The zero-order chi connectivity index (χ0) is 16.5. The molecule has 3 aromatic rings. The molecule has 6 heteroatoms. The first-order valence-electron chi connectivity index (χ1n) is 8.34. The summed E-state index contributed by atoms with van der Waals surface area (Å²) >= 11 is 3.58. The highest BCUT2D eigenvalue weighted by molar-refractivity contribution is 9.10. The fourth-order valence-electron chi connectivity index (χ4n) is 3.67. The number of H-pyrrole nitrogens is 1. The Kier molecular flexibility index (Phi) is 4.43. The molecule has 1 aromatic carbocycles. The predicted molar refractivity (Wildman–Crippen MR) is 97.6 cm³/mol. The molecule has 5 nitrogen and oxygen atoms in total. The molecular formula is C18H21BrN4O. The maximum atomic E-state index is 10.3. The van der Waals surface area contributed by atoms with Gasteiger partial charge in [-0.25, -0.2) is 0 Å². The van der Waals surface area contributed by atoms with Crippen LogP contribution >= 0.6 is 15.9 Å². The van der Waals surface area contributed by atoms with Gasteiger partial charge in [0.15, 0.2) is 0 Å². The van der Waals surface area contributed by atoms with Crippen LogP contribution in [-0.2, 0) is 13.1 Å². The smallest absolute Gasteiger partial charge is 0.0696 e. The van der Waals surface area contributed by atoms with Crippen molar-refractivity contribution in [2.24, 2.45) is 5.92 Å². The number of hydrogen-bond donors (Lipinski definition) is 3. The molecule has 0 spiro atoms. The number of halogens is 1. The summed E-state index contributed by atoms with van der Waals surface area (Å²) in [5.74, 6) is 0.467. The zero-order valence-electron chi connectivity index (χ0n) is 13.3. The number of aliphatic hydroxyl groups excluding tert-OH is 1. The summed E-state index contributed by atoms with van der Waals surface area (Å²) in [6.45, 7) is 1.61.